The average molecular weight is 410 g/mol. The van der Waals surface area contributed by atoms with Gasteiger partial charge in [-0.15, -0.1) is 11.8 Å². The van der Waals surface area contributed by atoms with Crippen molar-refractivity contribution in [2.24, 2.45) is 11.3 Å². The molecule has 1 fully saturated rings. The highest BCUT2D eigenvalue weighted by molar-refractivity contribution is 8.00. The van der Waals surface area contributed by atoms with Gasteiger partial charge in [-0.1, -0.05) is 56.3 Å². The Balaban J connectivity index is 1.47. The van der Waals surface area contributed by atoms with Crippen molar-refractivity contribution in [2.75, 3.05) is 11.1 Å². The molecule has 4 atom stereocenters. The number of amides is 2. The molecule has 3 N–H and O–H groups in total. The molecule has 0 bridgehead atoms. The number of anilines is 1. The predicted octanol–water partition coefficient (Wildman–Crippen LogP) is 3.69. The van der Waals surface area contributed by atoms with Crippen LogP contribution in [-0.4, -0.2) is 23.1 Å². The van der Waals surface area contributed by atoms with E-state index >= 15 is 0 Å². The Labute approximate surface area is 176 Å². The lowest BCUT2D eigenvalue weighted by Gasteiger charge is -2.50. The first-order valence-corrected chi connectivity index (χ1v) is 11.2. The Morgan fingerprint density at radius 1 is 1.17 bits per heavy atom. The van der Waals surface area contributed by atoms with E-state index in [0.29, 0.717) is 0 Å². The summed E-state index contributed by atoms with van der Waals surface area (Å²) in [4.78, 5) is 25.4. The van der Waals surface area contributed by atoms with E-state index < -0.39 is 0 Å². The van der Waals surface area contributed by atoms with Gasteiger partial charge >= 0.3 is 0 Å². The van der Waals surface area contributed by atoms with Gasteiger partial charge in [0.2, 0.25) is 11.8 Å². The summed E-state index contributed by atoms with van der Waals surface area (Å²) in [5.74, 6) is 0.143. The lowest BCUT2D eigenvalue weighted by atomic mass is 9.61. The van der Waals surface area contributed by atoms with Gasteiger partial charge in [0.25, 0.3) is 0 Å². The van der Waals surface area contributed by atoms with Gasteiger partial charge in [-0.2, -0.15) is 0 Å². The summed E-state index contributed by atoms with van der Waals surface area (Å²) in [5.41, 5.74) is 2.91. The van der Waals surface area contributed by atoms with Crippen molar-refractivity contribution in [3.05, 3.63) is 65.7 Å². The van der Waals surface area contributed by atoms with E-state index in [4.69, 9.17) is 0 Å². The van der Waals surface area contributed by atoms with Crippen LogP contribution in [0.2, 0.25) is 0 Å². The van der Waals surface area contributed by atoms with Crippen LogP contribution in [0.25, 0.3) is 0 Å². The van der Waals surface area contributed by atoms with Gasteiger partial charge in [0.1, 0.15) is 5.50 Å². The Kier molecular flexibility index (Phi) is 5.65. The van der Waals surface area contributed by atoms with E-state index in [2.05, 4.69) is 48.0 Å². The zero-order valence-corrected chi connectivity index (χ0v) is 17.6. The molecule has 29 heavy (non-hydrogen) atoms. The Morgan fingerprint density at radius 3 is 2.66 bits per heavy atom. The third kappa shape index (κ3) is 4.05. The van der Waals surface area contributed by atoms with E-state index in [1.807, 2.05) is 36.4 Å². The fraction of sp³-hybridized carbons (Fsp3) is 0.391. The van der Waals surface area contributed by atoms with Gasteiger partial charge in [0, 0.05) is 11.7 Å². The number of nitrogens with one attached hydrogen (secondary N) is 3. The molecule has 2 amide bonds. The lowest BCUT2D eigenvalue weighted by molar-refractivity contribution is -0.134. The van der Waals surface area contributed by atoms with E-state index in [-0.39, 0.29) is 40.4 Å². The molecule has 0 aromatic heterocycles. The second-order valence-electron chi connectivity index (χ2n) is 8.12. The molecular weight excluding hydrogens is 382 g/mol. The van der Waals surface area contributed by atoms with Crippen LogP contribution in [0.5, 0.6) is 0 Å². The van der Waals surface area contributed by atoms with Crippen LogP contribution in [0.1, 0.15) is 37.4 Å². The number of fused-ring (bicyclic) bond motifs is 3. The van der Waals surface area contributed by atoms with E-state index in [1.165, 1.54) is 22.9 Å². The lowest BCUT2D eigenvalue weighted by Crippen LogP contribution is -2.61. The second-order valence-corrected chi connectivity index (χ2v) is 9.21. The van der Waals surface area contributed by atoms with E-state index in [1.54, 1.807) is 0 Å². The summed E-state index contributed by atoms with van der Waals surface area (Å²) < 4.78 is 0. The maximum atomic E-state index is 13.1. The van der Waals surface area contributed by atoms with Crippen LogP contribution in [0.15, 0.2) is 54.6 Å². The molecule has 152 valence electrons. The standard InChI is InChI=1S/C23H27N3O2S/c1-3-23(2)13-15-9-7-8-12-17(15)20-19(23)21(28)26-22(25-20)29-14-18(27)24-16-10-5-4-6-11-16/h4-12,19-20,22,25H,3,13-14H2,1-2H3,(H,24,27)(H,26,28). The number of thioether (sulfide) groups is 1. The third-order valence-electron chi connectivity index (χ3n) is 6.20. The van der Waals surface area contributed by atoms with Crippen LogP contribution in [0.4, 0.5) is 5.69 Å². The van der Waals surface area contributed by atoms with Crippen molar-refractivity contribution < 1.29 is 9.59 Å². The molecule has 1 saturated heterocycles. The summed E-state index contributed by atoms with van der Waals surface area (Å²) in [7, 11) is 0. The molecule has 4 unspecified atom stereocenters. The molecule has 1 heterocycles. The molecule has 2 aliphatic rings. The van der Waals surface area contributed by atoms with Crippen LogP contribution in [-0.2, 0) is 16.0 Å². The first kappa shape index (κ1) is 20.0. The minimum absolute atomic E-state index is 0.0339. The van der Waals surface area contributed by atoms with E-state index in [0.717, 1.165) is 18.5 Å². The highest BCUT2D eigenvalue weighted by Gasteiger charge is 2.50. The number of para-hydroxylation sites is 1. The summed E-state index contributed by atoms with van der Waals surface area (Å²) in [6.07, 6.45) is 1.85. The highest BCUT2D eigenvalue weighted by atomic mass is 32.2. The Hall–Kier alpha value is -2.31. The SMILES string of the molecule is CCC1(C)Cc2ccccc2C2NC(SCC(=O)Nc3ccccc3)NC(=O)C21. The number of hydrogen-bond acceptors (Lipinski definition) is 4. The molecule has 1 aliphatic carbocycles. The molecule has 6 heteroatoms. The van der Waals surface area contributed by atoms with Gasteiger partial charge in [0.05, 0.1) is 11.7 Å². The quantitative estimate of drug-likeness (QED) is 0.704. The topological polar surface area (TPSA) is 70.2 Å². The van der Waals surface area contributed by atoms with Crippen LogP contribution in [0, 0.1) is 11.3 Å². The van der Waals surface area contributed by atoms with Crippen molar-refractivity contribution in [2.45, 2.75) is 38.2 Å². The highest BCUT2D eigenvalue weighted by Crippen LogP contribution is 2.49. The molecule has 4 rings (SSSR count). The molecular formula is C23H27N3O2S. The number of hydrogen-bond donors (Lipinski definition) is 3. The summed E-state index contributed by atoms with van der Waals surface area (Å²) >= 11 is 1.41. The summed E-state index contributed by atoms with van der Waals surface area (Å²) in [6, 6.07) is 17.8. The van der Waals surface area contributed by atoms with Gasteiger partial charge in [-0.25, -0.2) is 0 Å². The number of benzene rings is 2. The van der Waals surface area contributed by atoms with Gasteiger partial charge < -0.3 is 10.6 Å². The second kappa shape index (κ2) is 8.20. The Bertz CT molecular complexity index is 904. The van der Waals surface area contributed by atoms with Gasteiger partial charge in [-0.3, -0.25) is 14.9 Å². The summed E-state index contributed by atoms with van der Waals surface area (Å²) in [6.45, 7) is 4.37. The van der Waals surface area contributed by atoms with Gasteiger partial charge in [-0.05, 0) is 41.5 Å². The first-order chi connectivity index (χ1) is 14.0. The fourth-order valence-electron chi connectivity index (χ4n) is 4.52. The van der Waals surface area contributed by atoms with Gasteiger partial charge in [0.15, 0.2) is 0 Å². The third-order valence-corrected chi connectivity index (χ3v) is 7.22. The summed E-state index contributed by atoms with van der Waals surface area (Å²) in [5, 5.41) is 9.58. The van der Waals surface area contributed by atoms with Crippen molar-refractivity contribution in [1.29, 1.82) is 0 Å². The smallest absolute Gasteiger partial charge is 0.234 e. The number of carbonyl (C=O) groups excluding carboxylic acids is 2. The minimum atomic E-state index is -0.294. The zero-order chi connectivity index (χ0) is 20.4. The molecule has 1 aliphatic heterocycles. The zero-order valence-electron chi connectivity index (χ0n) is 16.8. The van der Waals surface area contributed by atoms with E-state index in [9.17, 15) is 9.59 Å². The van der Waals surface area contributed by atoms with Crippen molar-refractivity contribution in [3.8, 4) is 0 Å². The Morgan fingerprint density at radius 2 is 1.90 bits per heavy atom. The largest absolute Gasteiger partial charge is 0.331 e. The molecule has 5 nitrogen and oxygen atoms in total. The molecule has 0 saturated carbocycles. The average Bonchev–Trinajstić information content (AvgIpc) is 2.73. The molecule has 0 spiro atoms. The van der Waals surface area contributed by atoms with Crippen LogP contribution < -0.4 is 16.0 Å². The van der Waals surface area contributed by atoms with Crippen LogP contribution >= 0.6 is 11.8 Å². The minimum Gasteiger partial charge on any atom is -0.331 e. The monoisotopic (exact) mass is 409 g/mol. The normalized spacial score (nSPS) is 28.1. The van der Waals surface area contributed by atoms with Crippen LogP contribution in [0.3, 0.4) is 0 Å². The van der Waals surface area contributed by atoms with Crippen molar-refractivity contribution in [1.82, 2.24) is 10.6 Å². The molecule has 0 radical (unpaired) electrons. The molecule has 2 aromatic carbocycles. The van der Waals surface area contributed by atoms with Crippen molar-refractivity contribution in [3.63, 3.8) is 0 Å². The maximum absolute atomic E-state index is 13.1. The first-order valence-electron chi connectivity index (χ1n) is 10.1. The fourth-order valence-corrected chi connectivity index (χ4v) is 5.35. The molecule has 2 aromatic rings. The predicted molar refractivity (Wildman–Crippen MR) is 117 cm³/mol. The number of carbonyl (C=O) groups is 2. The number of rotatable bonds is 5. The van der Waals surface area contributed by atoms with Crippen molar-refractivity contribution >= 4 is 29.3 Å². The maximum Gasteiger partial charge on any atom is 0.234 e.